The Kier molecular flexibility index (Phi) is 3.72. The quantitative estimate of drug-likeness (QED) is 0.184. The molecule has 2 heteroatoms. The summed E-state index contributed by atoms with van der Waals surface area (Å²) < 4.78 is 163. The lowest BCUT2D eigenvalue weighted by atomic mass is 9.99. The van der Waals surface area contributed by atoms with Crippen LogP contribution in [0.2, 0.25) is 0 Å². The Morgan fingerprint density at radius 1 is 0.420 bits per heavy atom. The highest BCUT2D eigenvalue weighted by Crippen LogP contribution is 2.45. The zero-order valence-corrected chi connectivity index (χ0v) is 25.9. The molecule has 0 bridgehead atoms. The molecule has 234 valence electrons. The zero-order valence-electron chi connectivity index (χ0n) is 42.9. The summed E-state index contributed by atoms with van der Waals surface area (Å²) in [7, 11) is 0. The van der Waals surface area contributed by atoms with Crippen LogP contribution in [0.25, 0.3) is 76.5 Å². The molecule has 10 aromatic rings. The normalized spacial score (nSPS) is 16.4. The van der Waals surface area contributed by atoms with Gasteiger partial charge in [-0.15, -0.1) is 0 Å². The number of hydrogen-bond donors (Lipinski definition) is 0. The lowest BCUT2D eigenvalue weighted by molar-refractivity contribution is 0.672. The summed E-state index contributed by atoms with van der Waals surface area (Å²) >= 11 is 0. The topological polar surface area (TPSA) is 16.4 Å². The Hall–Kier alpha value is -6.64. The Labute approximate surface area is 314 Å². The summed E-state index contributed by atoms with van der Waals surface area (Å²) in [6.07, 6.45) is 0. The van der Waals surface area contributed by atoms with Crippen molar-refractivity contribution in [3.8, 4) is 22.3 Å². The van der Waals surface area contributed by atoms with Crippen LogP contribution in [0.15, 0.2) is 192 Å². The maximum atomic E-state index is 9.63. The van der Waals surface area contributed by atoms with Gasteiger partial charge in [-0.3, -0.25) is 0 Å². The fraction of sp³-hybridized carbons (Fsp3) is 0. The van der Waals surface area contributed by atoms with Gasteiger partial charge in [0.2, 0.25) is 0 Å². The predicted molar refractivity (Wildman–Crippen MR) is 212 cm³/mol. The van der Waals surface area contributed by atoms with Crippen molar-refractivity contribution in [2.75, 3.05) is 4.90 Å². The summed E-state index contributed by atoms with van der Waals surface area (Å²) in [5.74, 6) is 0. The Balaban J connectivity index is 1.38. The summed E-state index contributed by atoms with van der Waals surface area (Å²) in [5.41, 5.74) is -2.64. The van der Waals surface area contributed by atoms with E-state index in [0.717, 1.165) is 26.4 Å². The van der Waals surface area contributed by atoms with E-state index < -0.39 is 147 Å². The van der Waals surface area contributed by atoms with Gasteiger partial charge >= 0.3 is 0 Å². The smallest absolute Gasteiger partial charge is 0.143 e. The number of hydrogen-bond acceptors (Lipinski definition) is 2. The van der Waals surface area contributed by atoms with Crippen molar-refractivity contribution < 1.29 is 27.7 Å². The van der Waals surface area contributed by atoms with Crippen LogP contribution in [0.3, 0.4) is 0 Å². The SMILES string of the molecule is [2H]c1c([2H])c(N(c2c([2H])c([2H])c(-c3ccc4ccccc4c3)c([2H])c2[2H])c2c([2H])c([2H])c([2H])c3oc4c5c([2H])c([2H])c([2H])c([2H])c5c([2H])c([2H])c4c23)c([2H])c([2H])c1-c1ccc2ccccc2c1. The number of nitrogens with zero attached hydrogens (tertiary/aromatic N) is 1. The van der Waals surface area contributed by atoms with Gasteiger partial charge in [-0.05, 0) is 104 Å². The van der Waals surface area contributed by atoms with E-state index in [1.165, 1.54) is 0 Å². The lowest BCUT2D eigenvalue weighted by Crippen LogP contribution is -2.10. The summed E-state index contributed by atoms with van der Waals surface area (Å²) in [5, 5.41) is 1.58. The molecule has 1 aromatic heterocycles. The molecule has 0 atom stereocenters. The van der Waals surface area contributed by atoms with Crippen LogP contribution < -0.4 is 4.90 Å². The van der Waals surface area contributed by atoms with E-state index in [0.29, 0.717) is 11.1 Å². The van der Waals surface area contributed by atoms with E-state index in [2.05, 4.69) is 0 Å². The van der Waals surface area contributed by atoms with E-state index in [9.17, 15) is 13.7 Å². The predicted octanol–water partition coefficient (Wildman–Crippen LogP) is 13.8. The van der Waals surface area contributed by atoms with Crippen LogP contribution in [0.4, 0.5) is 17.1 Å². The third kappa shape index (κ3) is 4.73. The minimum Gasteiger partial charge on any atom is -0.455 e. The third-order valence-electron chi connectivity index (χ3n) is 8.70. The van der Waals surface area contributed by atoms with Gasteiger partial charge in [-0.2, -0.15) is 0 Å². The van der Waals surface area contributed by atoms with Crippen molar-refractivity contribution in [3.05, 3.63) is 188 Å². The van der Waals surface area contributed by atoms with Gasteiger partial charge in [0.1, 0.15) is 11.2 Å². The first-order valence-corrected chi connectivity index (χ1v) is 15.7. The molecule has 50 heavy (non-hydrogen) atoms. The molecule has 0 saturated heterocycles. The molecule has 0 unspecified atom stereocenters. The van der Waals surface area contributed by atoms with Gasteiger partial charge < -0.3 is 9.32 Å². The van der Waals surface area contributed by atoms with Gasteiger partial charge in [-0.25, -0.2) is 0 Å². The van der Waals surface area contributed by atoms with E-state index in [1.54, 1.807) is 48.5 Å². The molecule has 0 aliphatic rings. The maximum absolute atomic E-state index is 9.63. The van der Waals surface area contributed by atoms with E-state index in [1.807, 2.05) is 36.4 Å². The van der Waals surface area contributed by atoms with E-state index in [4.69, 9.17) is 14.0 Å². The molecule has 1 heterocycles. The van der Waals surface area contributed by atoms with Crippen molar-refractivity contribution >= 4 is 71.3 Å². The Morgan fingerprint density at radius 3 is 1.62 bits per heavy atom. The van der Waals surface area contributed by atoms with Crippen LogP contribution >= 0.6 is 0 Å². The molecular formula is C48H31NO. The van der Waals surface area contributed by atoms with Crippen LogP contribution in [0.1, 0.15) is 23.3 Å². The Morgan fingerprint density at radius 2 is 1.00 bits per heavy atom. The number of rotatable bonds is 5. The van der Waals surface area contributed by atoms with Crippen molar-refractivity contribution in [1.82, 2.24) is 0 Å². The lowest BCUT2D eigenvalue weighted by Gasteiger charge is -2.26. The van der Waals surface area contributed by atoms with Crippen molar-refractivity contribution in [3.63, 3.8) is 0 Å². The van der Waals surface area contributed by atoms with Gasteiger partial charge in [0.15, 0.2) is 0 Å². The summed E-state index contributed by atoms with van der Waals surface area (Å²) in [6.45, 7) is 0. The molecule has 0 saturated carbocycles. The average Bonchev–Trinajstić information content (AvgIpc) is 3.72. The molecule has 0 fully saturated rings. The standard InChI is InChI=1S/C48H31NO/c1-3-11-37-30-39(18-16-32(37)8-1)34-20-25-41(26-21-34)49(42-27-22-35(23-28-42)40-19-17-33-9-2-4-12-38(33)31-40)45-14-7-15-46-47(45)44-29-24-36-10-5-6-13-43(36)48(44)50-46/h1-31H/i5D,6D,7D,10D,13D,14D,15D,20D,21D,22D,23D,24D,25D,26D,27D,28D,29D. The highest BCUT2D eigenvalue weighted by molar-refractivity contribution is 6.19. The molecular weight excluding hydrogens is 607 g/mol. The van der Waals surface area contributed by atoms with E-state index >= 15 is 0 Å². The minimum absolute atomic E-state index is 0.128. The molecule has 0 aliphatic carbocycles. The third-order valence-corrected chi connectivity index (χ3v) is 8.70. The first-order valence-electron chi connectivity index (χ1n) is 24.2. The van der Waals surface area contributed by atoms with Crippen molar-refractivity contribution in [2.45, 2.75) is 0 Å². The second-order valence-electron chi connectivity index (χ2n) is 11.6. The monoisotopic (exact) mass is 654 g/mol. The molecule has 0 aliphatic heterocycles. The van der Waals surface area contributed by atoms with Crippen molar-refractivity contribution in [1.29, 1.82) is 0 Å². The molecule has 0 amide bonds. The molecule has 9 aromatic carbocycles. The number of furan rings is 1. The van der Waals surface area contributed by atoms with Gasteiger partial charge in [0.05, 0.1) is 34.4 Å². The molecule has 2 nitrogen and oxygen atoms in total. The van der Waals surface area contributed by atoms with Gasteiger partial charge in [0, 0.05) is 22.1 Å². The van der Waals surface area contributed by atoms with Crippen LogP contribution in [0.5, 0.6) is 0 Å². The van der Waals surface area contributed by atoms with Crippen LogP contribution in [-0.4, -0.2) is 0 Å². The van der Waals surface area contributed by atoms with Crippen LogP contribution in [-0.2, 0) is 0 Å². The molecule has 0 radical (unpaired) electrons. The highest BCUT2D eigenvalue weighted by atomic mass is 16.3. The fourth-order valence-corrected chi connectivity index (χ4v) is 6.27. The second-order valence-corrected chi connectivity index (χ2v) is 11.6. The first-order chi connectivity index (χ1) is 31.9. The van der Waals surface area contributed by atoms with Gasteiger partial charge in [-0.1, -0.05) is 133 Å². The summed E-state index contributed by atoms with van der Waals surface area (Å²) in [4.78, 5) is 0.792. The number of fused-ring (bicyclic) bond motifs is 7. The molecule has 10 rings (SSSR count). The van der Waals surface area contributed by atoms with Crippen LogP contribution in [0, 0.1) is 0 Å². The molecule has 0 spiro atoms. The summed E-state index contributed by atoms with van der Waals surface area (Å²) in [6, 6.07) is 12.8. The maximum Gasteiger partial charge on any atom is 0.143 e. The fourth-order valence-electron chi connectivity index (χ4n) is 6.27. The van der Waals surface area contributed by atoms with Gasteiger partial charge in [0.25, 0.3) is 0 Å². The zero-order chi connectivity index (χ0) is 47.8. The largest absolute Gasteiger partial charge is 0.455 e. The number of benzene rings is 9. The Bertz CT molecular complexity index is 3660. The average molecular weight is 655 g/mol. The highest BCUT2D eigenvalue weighted by Gasteiger charge is 2.20. The van der Waals surface area contributed by atoms with E-state index in [-0.39, 0.29) is 16.5 Å². The van der Waals surface area contributed by atoms with Crippen molar-refractivity contribution in [2.24, 2.45) is 0 Å². The number of anilines is 3. The minimum atomic E-state index is -0.868. The first kappa shape index (κ1) is 16.2. The molecule has 0 N–H and O–H groups in total. The second kappa shape index (κ2) is 11.5.